The Bertz CT molecular complexity index is 742. The van der Waals surface area contributed by atoms with Crippen molar-refractivity contribution in [2.75, 3.05) is 0 Å². The van der Waals surface area contributed by atoms with Crippen molar-refractivity contribution in [1.82, 2.24) is 10.2 Å². The van der Waals surface area contributed by atoms with Crippen LogP contribution >= 0.6 is 0 Å². The molecule has 4 nitrogen and oxygen atoms in total. The molecule has 3 rings (SSSR count). The third-order valence-corrected chi connectivity index (χ3v) is 4.51. The van der Waals surface area contributed by atoms with Gasteiger partial charge in [-0.15, -0.1) is 0 Å². The molecule has 0 bridgehead atoms. The number of hydrogen-bond donors (Lipinski definition) is 1. The maximum absolute atomic E-state index is 12.8. The van der Waals surface area contributed by atoms with Crippen LogP contribution < -0.4 is 5.32 Å². The summed E-state index contributed by atoms with van der Waals surface area (Å²) in [6.45, 7) is 3.53. The zero-order valence-electron chi connectivity index (χ0n) is 14.0. The van der Waals surface area contributed by atoms with E-state index in [1.165, 1.54) is 12.5 Å². The van der Waals surface area contributed by atoms with Crippen LogP contribution in [0.3, 0.4) is 0 Å². The van der Waals surface area contributed by atoms with Gasteiger partial charge in [0.05, 0.1) is 0 Å². The highest BCUT2D eigenvalue weighted by Crippen LogP contribution is 2.34. The van der Waals surface area contributed by atoms with E-state index >= 15 is 0 Å². The first-order valence-corrected chi connectivity index (χ1v) is 8.30. The summed E-state index contributed by atoms with van der Waals surface area (Å²) in [5.74, 6) is -0.144. The largest absolute Gasteiger partial charge is 0.332 e. The Labute approximate surface area is 142 Å². The molecule has 0 fully saturated rings. The van der Waals surface area contributed by atoms with E-state index in [-0.39, 0.29) is 24.0 Å². The van der Waals surface area contributed by atoms with Crippen LogP contribution in [-0.4, -0.2) is 22.8 Å². The molecule has 24 heavy (non-hydrogen) atoms. The van der Waals surface area contributed by atoms with E-state index in [4.69, 9.17) is 0 Å². The van der Waals surface area contributed by atoms with E-state index in [2.05, 4.69) is 17.4 Å². The number of amides is 2. The van der Waals surface area contributed by atoms with Crippen LogP contribution in [0.15, 0.2) is 54.6 Å². The molecule has 4 heteroatoms. The zero-order valence-corrected chi connectivity index (χ0v) is 14.0. The number of fused-ring (bicyclic) bond motifs is 1. The Hall–Kier alpha value is -2.62. The zero-order chi connectivity index (χ0) is 17.1. The summed E-state index contributed by atoms with van der Waals surface area (Å²) in [7, 11) is 0. The summed E-state index contributed by atoms with van der Waals surface area (Å²) in [5.41, 5.74) is 2.82. The van der Waals surface area contributed by atoms with Gasteiger partial charge in [0.2, 0.25) is 5.91 Å². The molecular weight excluding hydrogens is 300 g/mol. The number of nitrogens with one attached hydrogen (secondary N) is 1. The Kier molecular flexibility index (Phi) is 4.65. The Morgan fingerprint density at radius 2 is 1.79 bits per heavy atom. The predicted octanol–water partition coefficient (Wildman–Crippen LogP) is 3.30. The molecule has 1 aliphatic heterocycles. The number of rotatable bonds is 5. The van der Waals surface area contributed by atoms with E-state index < -0.39 is 0 Å². The number of carbonyl (C=O) groups is 2. The minimum atomic E-state index is -0.378. The number of carbonyl (C=O) groups excluding carboxylic acids is 2. The van der Waals surface area contributed by atoms with Gasteiger partial charge in [0, 0.05) is 24.1 Å². The highest BCUT2D eigenvalue weighted by molar-refractivity contribution is 5.99. The highest BCUT2D eigenvalue weighted by Gasteiger charge is 2.39. The van der Waals surface area contributed by atoms with Crippen molar-refractivity contribution in [3.63, 3.8) is 0 Å². The van der Waals surface area contributed by atoms with Crippen LogP contribution in [0.2, 0.25) is 0 Å². The van der Waals surface area contributed by atoms with E-state index in [1.807, 2.05) is 49.4 Å². The minimum Gasteiger partial charge on any atom is -0.332 e. The van der Waals surface area contributed by atoms with Crippen LogP contribution in [-0.2, 0) is 11.2 Å². The average molecular weight is 322 g/mol. The molecule has 2 atom stereocenters. The first-order chi connectivity index (χ1) is 11.6. The minimum absolute atomic E-state index is 0.00934. The van der Waals surface area contributed by atoms with Gasteiger partial charge in [0.15, 0.2) is 0 Å². The van der Waals surface area contributed by atoms with Crippen LogP contribution in [0.4, 0.5) is 0 Å². The topological polar surface area (TPSA) is 49.4 Å². The van der Waals surface area contributed by atoms with Gasteiger partial charge in [0.25, 0.3) is 5.91 Å². The van der Waals surface area contributed by atoms with E-state index in [9.17, 15) is 9.59 Å². The van der Waals surface area contributed by atoms with Crippen LogP contribution in [0.5, 0.6) is 0 Å². The lowest BCUT2D eigenvalue weighted by atomic mass is 10.0. The third-order valence-electron chi connectivity index (χ3n) is 4.51. The molecule has 0 aliphatic carbocycles. The number of hydrogen-bond acceptors (Lipinski definition) is 2. The number of nitrogens with zero attached hydrogens (tertiary/aromatic N) is 1. The quantitative estimate of drug-likeness (QED) is 0.918. The number of aryl methyl sites for hydroxylation is 1. The smallest absolute Gasteiger partial charge is 0.256 e. The Morgan fingerprint density at radius 1 is 1.12 bits per heavy atom. The molecule has 1 aliphatic rings. The first-order valence-electron chi connectivity index (χ1n) is 8.30. The second-order valence-corrected chi connectivity index (χ2v) is 6.28. The highest BCUT2D eigenvalue weighted by atomic mass is 16.2. The standard InChI is InChI=1S/C20H22N2O2/c1-14(12-13-16-8-4-3-5-9-16)22-19(21-15(2)23)17-10-6-7-11-18(17)20(22)24/h3-11,14,19H,12-13H2,1-2H3,(H,21,23)/t14-,19+/m0/s1. The van der Waals surface area contributed by atoms with Crippen molar-refractivity contribution >= 4 is 11.8 Å². The summed E-state index contributed by atoms with van der Waals surface area (Å²) in [6.07, 6.45) is 1.37. The van der Waals surface area contributed by atoms with Gasteiger partial charge in [-0.25, -0.2) is 0 Å². The second-order valence-electron chi connectivity index (χ2n) is 6.28. The van der Waals surface area contributed by atoms with Crippen LogP contribution in [0.25, 0.3) is 0 Å². The summed E-state index contributed by atoms with van der Waals surface area (Å²) in [6, 6.07) is 17.8. The van der Waals surface area contributed by atoms with Gasteiger partial charge in [0.1, 0.15) is 6.17 Å². The van der Waals surface area contributed by atoms with E-state index in [0.29, 0.717) is 5.56 Å². The molecule has 1 heterocycles. The molecule has 2 aromatic carbocycles. The van der Waals surface area contributed by atoms with Crippen LogP contribution in [0.1, 0.15) is 47.9 Å². The molecule has 0 saturated carbocycles. The monoisotopic (exact) mass is 322 g/mol. The molecule has 1 N–H and O–H groups in total. The summed E-state index contributed by atoms with van der Waals surface area (Å²) >= 11 is 0. The van der Waals surface area contributed by atoms with Crippen molar-refractivity contribution in [2.45, 2.75) is 38.9 Å². The molecule has 0 unspecified atom stereocenters. The lowest BCUT2D eigenvalue weighted by Gasteiger charge is -2.31. The summed E-state index contributed by atoms with van der Waals surface area (Å²) < 4.78 is 0. The average Bonchev–Trinajstić information content (AvgIpc) is 2.86. The molecule has 0 radical (unpaired) electrons. The molecule has 0 saturated heterocycles. The van der Waals surface area contributed by atoms with Crippen molar-refractivity contribution in [3.05, 3.63) is 71.3 Å². The first kappa shape index (κ1) is 16.2. The van der Waals surface area contributed by atoms with Gasteiger partial charge in [-0.3, -0.25) is 9.59 Å². The van der Waals surface area contributed by atoms with Crippen molar-refractivity contribution < 1.29 is 9.59 Å². The Balaban J connectivity index is 1.80. The maximum atomic E-state index is 12.8. The van der Waals surface area contributed by atoms with E-state index in [0.717, 1.165) is 18.4 Å². The molecular formula is C20H22N2O2. The fraction of sp³-hybridized carbons (Fsp3) is 0.300. The third kappa shape index (κ3) is 3.18. The van der Waals surface area contributed by atoms with Crippen molar-refractivity contribution in [3.8, 4) is 0 Å². The molecule has 0 spiro atoms. The van der Waals surface area contributed by atoms with E-state index in [1.54, 1.807) is 4.90 Å². The lowest BCUT2D eigenvalue weighted by Crippen LogP contribution is -2.43. The Morgan fingerprint density at radius 3 is 2.50 bits per heavy atom. The van der Waals surface area contributed by atoms with Gasteiger partial charge in [-0.05, 0) is 31.4 Å². The normalized spacial score (nSPS) is 17.5. The molecule has 2 aromatic rings. The molecule has 2 amide bonds. The van der Waals surface area contributed by atoms with Gasteiger partial charge in [-0.1, -0.05) is 48.5 Å². The SMILES string of the molecule is CC(=O)N[C@H]1c2ccccc2C(=O)N1[C@@H](C)CCc1ccccc1. The van der Waals surface area contributed by atoms with Crippen LogP contribution in [0, 0.1) is 0 Å². The lowest BCUT2D eigenvalue weighted by molar-refractivity contribution is -0.120. The molecule has 124 valence electrons. The predicted molar refractivity (Wildman–Crippen MR) is 93.4 cm³/mol. The van der Waals surface area contributed by atoms with Gasteiger partial charge < -0.3 is 10.2 Å². The number of benzene rings is 2. The fourth-order valence-electron chi connectivity index (χ4n) is 3.29. The van der Waals surface area contributed by atoms with Gasteiger partial charge in [-0.2, -0.15) is 0 Å². The van der Waals surface area contributed by atoms with Crippen molar-refractivity contribution in [1.29, 1.82) is 0 Å². The second kappa shape index (κ2) is 6.87. The summed E-state index contributed by atoms with van der Waals surface area (Å²) in [5, 5.41) is 2.92. The van der Waals surface area contributed by atoms with Gasteiger partial charge >= 0.3 is 0 Å². The fourth-order valence-corrected chi connectivity index (χ4v) is 3.29. The van der Waals surface area contributed by atoms with Crippen molar-refractivity contribution in [2.24, 2.45) is 0 Å². The summed E-state index contributed by atoms with van der Waals surface area (Å²) in [4.78, 5) is 26.2. The molecule has 0 aromatic heterocycles. The maximum Gasteiger partial charge on any atom is 0.256 e.